The maximum Gasteiger partial charge on any atom is 0.326 e. The Bertz CT molecular complexity index is 948. The van der Waals surface area contributed by atoms with Crippen molar-refractivity contribution >= 4 is 17.8 Å². The van der Waals surface area contributed by atoms with E-state index in [1.807, 2.05) is 6.08 Å². The van der Waals surface area contributed by atoms with E-state index in [2.05, 4.69) is 86.0 Å². The number of nitrogens with one attached hydrogen (secondary N) is 1. The number of allylic oxidation sites excluding steroid dienone is 11. The molecule has 0 aromatic rings. The predicted octanol–water partition coefficient (Wildman–Crippen LogP) is 9.22. The maximum absolute atomic E-state index is 12.6. The first kappa shape index (κ1) is 42.8. The average molecular weight is 641 g/mol. The van der Waals surface area contributed by atoms with Gasteiger partial charge in [-0.25, -0.2) is 4.79 Å². The minimum atomic E-state index is -1.03. The van der Waals surface area contributed by atoms with Crippen LogP contribution in [0.3, 0.4) is 0 Å². The summed E-state index contributed by atoms with van der Waals surface area (Å²) in [7, 11) is 0. The van der Waals surface area contributed by atoms with E-state index in [-0.39, 0.29) is 18.0 Å². The van der Waals surface area contributed by atoms with Crippen molar-refractivity contribution in [3.8, 4) is 0 Å². The van der Waals surface area contributed by atoms with E-state index < -0.39 is 12.0 Å². The zero-order valence-corrected chi connectivity index (χ0v) is 28.9. The van der Waals surface area contributed by atoms with Gasteiger partial charge in [0, 0.05) is 12.8 Å². The van der Waals surface area contributed by atoms with Crippen LogP contribution in [0.5, 0.6) is 0 Å². The fourth-order valence-corrected chi connectivity index (χ4v) is 4.63. The SMILES string of the molecule is CC/C=C\C/C=C\C/C=C\CCCCCC(=O)OC(/C=C\C/C=C\C/C=C\CC)CCCCCCC(=O)NC(CCCN)C(=O)O. The van der Waals surface area contributed by atoms with Crippen LogP contribution in [0.25, 0.3) is 0 Å². The van der Waals surface area contributed by atoms with Crippen molar-refractivity contribution in [3.05, 3.63) is 72.9 Å². The molecule has 0 rings (SSSR count). The van der Waals surface area contributed by atoms with Crippen molar-refractivity contribution in [1.82, 2.24) is 5.32 Å². The Kier molecular flexibility index (Phi) is 30.9. The number of hydrogen-bond acceptors (Lipinski definition) is 5. The van der Waals surface area contributed by atoms with Crippen LogP contribution in [-0.4, -0.2) is 41.6 Å². The number of ether oxygens (including phenoxy) is 1. The lowest BCUT2D eigenvalue weighted by Gasteiger charge is -2.15. The molecule has 260 valence electrons. The van der Waals surface area contributed by atoms with Gasteiger partial charge >= 0.3 is 11.9 Å². The van der Waals surface area contributed by atoms with Crippen LogP contribution in [0.4, 0.5) is 0 Å². The number of carboxylic acid groups (broad SMARTS) is 1. The molecule has 2 unspecified atom stereocenters. The molecule has 0 saturated heterocycles. The maximum atomic E-state index is 12.6. The van der Waals surface area contributed by atoms with Gasteiger partial charge in [-0.3, -0.25) is 9.59 Å². The minimum absolute atomic E-state index is 0.146. The molecule has 46 heavy (non-hydrogen) atoms. The van der Waals surface area contributed by atoms with Crippen molar-refractivity contribution in [3.63, 3.8) is 0 Å². The summed E-state index contributed by atoms with van der Waals surface area (Å²) >= 11 is 0. The molecule has 7 heteroatoms. The van der Waals surface area contributed by atoms with E-state index in [0.29, 0.717) is 38.6 Å². The number of carbonyl (C=O) groups is 3. The number of nitrogens with two attached hydrogens (primary N) is 1. The second-order valence-electron chi connectivity index (χ2n) is 11.5. The molecule has 0 aliphatic rings. The van der Waals surface area contributed by atoms with E-state index in [9.17, 15) is 19.5 Å². The number of hydrogen-bond donors (Lipinski definition) is 3. The van der Waals surface area contributed by atoms with Gasteiger partial charge in [0.05, 0.1) is 0 Å². The quantitative estimate of drug-likeness (QED) is 0.0409. The van der Waals surface area contributed by atoms with Crippen LogP contribution in [0, 0.1) is 0 Å². The lowest BCUT2D eigenvalue weighted by atomic mass is 10.1. The Balaban J connectivity index is 4.48. The zero-order chi connectivity index (χ0) is 33.9. The predicted molar refractivity (Wildman–Crippen MR) is 192 cm³/mol. The summed E-state index contributed by atoms with van der Waals surface area (Å²) in [6.45, 7) is 4.66. The highest BCUT2D eigenvalue weighted by Crippen LogP contribution is 2.14. The molecule has 0 heterocycles. The minimum Gasteiger partial charge on any atom is -0.480 e. The highest BCUT2D eigenvalue weighted by atomic mass is 16.5. The van der Waals surface area contributed by atoms with Gasteiger partial charge in [0.2, 0.25) is 5.91 Å². The third-order valence-electron chi connectivity index (χ3n) is 7.25. The lowest BCUT2D eigenvalue weighted by molar-refractivity contribution is -0.147. The van der Waals surface area contributed by atoms with Crippen LogP contribution < -0.4 is 11.1 Å². The number of carboxylic acids is 1. The standard InChI is InChI=1S/C39H64N2O5/c1-3-5-7-9-11-13-14-15-16-17-19-21-27-33-38(43)46-35(29-24-20-18-12-10-8-6-4-2)30-25-22-23-26-32-37(42)41-36(39(44)45)31-28-34-40/h5-8,11-13,15-16,18,24,29,35-36H,3-4,9-10,14,17,19-23,25-28,30-34,40H2,1-2H3,(H,41,42)(H,44,45)/b7-5-,8-6-,13-11-,16-15-,18-12-,29-24-. The van der Waals surface area contributed by atoms with Crippen LogP contribution in [-0.2, 0) is 19.1 Å². The molecule has 0 aliphatic heterocycles. The summed E-state index contributed by atoms with van der Waals surface area (Å²) in [5, 5.41) is 11.9. The first-order valence-corrected chi connectivity index (χ1v) is 17.8. The number of rotatable bonds is 30. The van der Waals surface area contributed by atoms with Gasteiger partial charge < -0.3 is 20.9 Å². The first-order valence-electron chi connectivity index (χ1n) is 17.8. The van der Waals surface area contributed by atoms with Gasteiger partial charge in [0.1, 0.15) is 12.1 Å². The highest BCUT2D eigenvalue weighted by Gasteiger charge is 2.18. The van der Waals surface area contributed by atoms with Gasteiger partial charge in [-0.2, -0.15) is 0 Å². The Morgan fingerprint density at radius 3 is 1.80 bits per heavy atom. The molecule has 0 aromatic heterocycles. The number of esters is 1. The average Bonchev–Trinajstić information content (AvgIpc) is 3.04. The Morgan fingerprint density at radius 2 is 1.20 bits per heavy atom. The molecular weight excluding hydrogens is 576 g/mol. The molecule has 4 N–H and O–H groups in total. The molecule has 2 atom stereocenters. The summed E-state index contributed by atoms with van der Waals surface area (Å²) < 4.78 is 5.84. The molecule has 0 spiro atoms. The third-order valence-corrected chi connectivity index (χ3v) is 7.25. The molecule has 0 aromatic carbocycles. The van der Waals surface area contributed by atoms with Crippen LogP contribution in [0.2, 0.25) is 0 Å². The fraction of sp³-hybridized carbons (Fsp3) is 0.615. The molecule has 7 nitrogen and oxygen atoms in total. The molecule has 1 amide bonds. The van der Waals surface area contributed by atoms with E-state index in [1.165, 1.54) is 0 Å². The number of carbonyl (C=O) groups excluding carboxylic acids is 2. The monoisotopic (exact) mass is 640 g/mol. The lowest BCUT2D eigenvalue weighted by Crippen LogP contribution is -2.40. The van der Waals surface area contributed by atoms with Gasteiger partial charge in [0.25, 0.3) is 0 Å². The third kappa shape index (κ3) is 29.5. The largest absolute Gasteiger partial charge is 0.480 e. The van der Waals surface area contributed by atoms with Crippen molar-refractivity contribution < 1.29 is 24.2 Å². The second-order valence-corrected chi connectivity index (χ2v) is 11.5. The smallest absolute Gasteiger partial charge is 0.326 e. The van der Waals surface area contributed by atoms with E-state index >= 15 is 0 Å². The summed E-state index contributed by atoms with van der Waals surface area (Å²) in [5.74, 6) is -1.41. The second kappa shape index (κ2) is 33.2. The molecule has 0 radical (unpaired) electrons. The van der Waals surface area contributed by atoms with E-state index in [1.54, 1.807) is 0 Å². The number of amides is 1. The molecule has 0 bridgehead atoms. The van der Waals surface area contributed by atoms with E-state index in [4.69, 9.17) is 10.5 Å². The summed E-state index contributed by atoms with van der Waals surface area (Å²) in [6.07, 6.45) is 41.0. The normalized spacial score (nSPS) is 13.6. The van der Waals surface area contributed by atoms with E-state index in [0.717, 1.165) is 89.9 Å². The molecule has 0 aliphatic carbocycles. The van der Waals surface area contributed by atoms with Gasteiger partial charge in [-0.1, -0.05) is 99.9 Å². The zero-order valence-electron chi connectivity index (χ0n) is 28.9. The van der Waals surface area contributed by atoms with Crippen LogP contribution >= 0.6 is 0 Å². The van der Waals surface area contributed by atoms with Gasteiger partial charge in [0.15, 0.2) is 0 Å². The van der Waals surface area contributed by atoms with Crippen LogP contribution in [0.15, 0.2) is 72.9 Å². The summed E-state index contributed by atoms with van der Waals surface area (Å²) in [6, 6.07) is -0.881. The summed E-state index contributed by atoms with van der Waals surface area (Å²) in [5.41, 5.74) is 5.46. The Morgan fingerprint density at radius 1 is 0.652 bits per heavy atom. The topological polar surface area (TPSA) is 119 Å². The molecule has 0 saturated carbocycles. The Labute approximate surface area is 280 Å². The highest BCUT2D eigenvalue weighted by molar-refractivity contribution is 5.83. The van der Waals surface area contributed by atoms with Crippen molar-refractivity contribution in [2.45, 2.75) is 148 Å². The van der Waals surface area contributed by atoms with Gasteiger partial charge in [-0.15, -0.1) is 0 Å². The van der Waals surface area contributed by atoms with Crippen molar-refractivity contribution in [1.29, 1.82) is 0 Å². The molecule has 0 fully saturated rings. The number of unbranched alkanes of at least 4 members (excludes halogenated alkanes) is 6. The summed E-state index contributed by atoms with van der Waals surface area (Å²) in [4.78, 5) is 36.1. The van der Waals surface area contributed by atoms with Gasteiger partial charge in [-0.05, 0) is 103 Å². The van der Waals surface area contributed by atoms with Crippen molar-refractivity contribution in [2.75, 3.05) is 6.54 Å². The molecular formula is C39H64N2O5. The van der Waals surface area contributed by atoms with Crippen LogP contribution in [0.1, 0.15) is 136 Å². The number of aliphatic carboxylic acids is 1. The fourth-order valence-electron chi connectivity index (χ4n) is 4.63. The Hall–Kier alpha value is -3.19. The first-order chi connectivity index (χ1) is 22.4. The van der Waals surface area contributed by atoms with Crippen molar-refractivity contribution in [2.24, 2.45) is 5.73 Å².